The number of hydrogen-bond donors (Lipinski definition) is 2. The predicted molar refractivity (Wildman–Crippen MR) is 75.8 cm³/mol. The number of likely N-dealkylation sites (tertiary alicyclic amines) is 1. The lowest BCUT2D eigenvalue weighted by molar-refractivity contribution is -0.144. The number of carboxylic acids is 1. The summed E-state index contributed by atoms with van der Waals surface area (Å²) in [7, 11) is 0. The first-order chi connectivity index (χ1) is 9.90. The van der Waals surface area contributed by atoms with Crippen molar-refractivity contribution in [3.8, 4) is 0 Å². The van der Waals surface area contributed by atoms with Gasteiger partial charge in [-0.25, -0.2) is 4.79 Å². The van der Waals surface area contributed by atoms with E-state index in [4.69, 9.17) is 5.73 Å². The Labute approximate surface area is 122 Å². The molecular formula is C15H18N2O4. The monoisotopic (exact) mass is 290 g/mol. The van der Waals surface area contributed by atoms with Crippen LogP contribution < -0.4 is 5.73 Å². The van der Waals surface area contributed by atoms with Crippen LogP contribution >= 0.6 is 0 Å². The minimum absolute atomic E-state index is 0.285. The average Bonchev–Trinajstić information content (AvgIpc) is 2.46. The van der Waals surface area contributed by atoms with Crippen LogP contribution in [-0.2, 0) is 4.79 Å². The molecule has 1 heterocycles. The molecule has 112 valence electrons. The fourth-order valence-corrected chi connectivity index (χ4v) is 2.56. The van der Waals surface area contributed by atoms with Gasteiger partial charge in [0, 0.05) is 17.7 Å². The Morgan fingerprint density at radius 1 is 1.19 bits per heavy atom. The largest absolute Gasteiger partial charge is 0.480 e. The van der Waals surface area contributed by atoms with Gasteiger partial charge in [0.25, 0.3) is 5.91 Å². The van der Waals surface area contributed by atoms with Gasteiger partial charge >= 0.3 is 5.97 Å². The summed E-state index contributed by atoms with van der Waals surface area (Å²) in [4.78, 5) is 36.2. The molecule has 0 aliphatic carbocycles. The first kappa shape index (κ1) is 15.0. The van der Waals surface area contributed by atoms with Gasteiger partial charge in [0.2, 0.25) is 5.91 Å². The molecule has 2 unspecified atom stereocenters. The van der Waals surface area contributed by atoms with E-state index in [0.29, 0.717) is 24.1 Å². The number of nitrogens with zero attached hydrogens (tertiary/aromatic N) is 1. The fourth-order valence-electron chi connectivity index (χ4n) is 2.56. The molecule has 0 radical (unpaired) electrons. The molecule has 6 heteroatoms. The van der Waals surface area contributed by atoms with E-state index >= 15 is 0 Å². The van der Waals surface area contributed by atoms with Gasteiger partial charge in [0.15, 0.2) is 0 Å². The van der Waals surface area contributed by atoms with Crippen molar-refractivity contribution in [2.45, 2.75) is 25.8 Å². The minimum atomic E-state index is -0.983. The summed E-state index contributed by atoms with van der Waals surface area (Å²) in [5, 5.41) is 9.28. The number of rotatable bonds is 3. The summed E-state index contributed by atoms with van der Waals surface area (Å²) in [6.07, 6.45) is 1.25. The van der Waals surface area contributed by atoms with Gasteiger partial charge in [-0.05, 0) is 43.0 Å². The molecule has 1 aromatic rings. The molecule has 2 atom stereocenters. The Bertz CT molecular complexity index is 568. The van der Waals surface area contributed by atoms with E-state index in [-0.39, 0.29) is 11.8 Å². The highest BCUT2D eigenvalue weighted by molar-refractivity contribution is 5.98. The molecule has 0 bridgehead atoms. The molecule has 1 aliphatic heterocycles. The lowest BCUT2D eigenvalue weighted by atomic mass is 9.92. The minimum Gasteiger partial charge on any atom is -0.480 e. The van der Waals surface area contributed by atoms with E-state index in [0.717, 1.165) is 6.42 Å². The molecule has 6 nitrogen and oxygen atoms in total. The maximum atomic E-state index is 12.4. The van der Waals surface area contributed by atoms with Gasteiger partial charge in [0.1, 0.15) is 6.04 Å². The second-order valence-electron chi connectivity index (χ2n) is 5.42. The van der Waals surface area contributed by atoms with Gasteiger partial charge in [-0.1, -0.05) is 6.92 Å². The number of carbonyl (C=O) groups excluding carboxylic acids is 2. The van der Waals surface area contributed by atoms with E-state index < -0.39 is 17.9 Å². The maximum Gasteiger partial charge on any atom is 0.326 e. The molecular weight excluding hydrogens is 272 g/mol. The van der Waals surface area contributed by atoms with E-state index in [1.807, 2.05) is 6.92 Å². The molecule has 1 aromatic carbocycles. The van der Waals surface area contributed by atoms with Crippen LogP contribution in [0, 0.1) is 5.92 Å². The van der Waals surface area contributed by atoms with E-state index in [2.05, 4.69) is 0 Å². The molecule has 2 rings (SSSR count). The van der Waals surface area contributed by atoms with Gasteiger partial charge in [0.05, 0.1) is 0 Å². The highest BCUT2D eigenvalue weighted by atomic mass is 16.4. The predicted octanol–water partition coefficient (Wildman–Crippen LogP) is 1.11. The molecule has 0 spiro atoms. The highest BCUT2D eigenvalue weighted by Gasteiger charge is 2.35. The second kappa shape index (κ2) is 5.95. The van der Waals surface area contributed by atoms with Crippen molar-refractivity contribution in [2.75, 3.05) is 6.54 Å². The first-order valence-electron chi connectivity index (χ1n) is 6.83. The standard InChI is InChI=1S/C15H18N2O4/c1-9-6-7-17(12(8-9)15(20)21)14(19)11-4-2-10(3-5-11)13(16)18/h2-5,9,12H,6-8H2,1H3,(H2,16,18)(H,20,21). The van der Waals surface area contributed by atoms with Crippen LogP contribution in [0.2, 0.25) is 0 Å². The van der Waals surface area contributed by atoms with Crippen molar-refractivity contribution in [3.05, 3.63) is 35.4 Å². The third-order valence-corrected chi connectivity index (χ3v) is 3.83. The Morgan fingerprint density at radius 2 is 1.76 bits per heavy atom. The number of aliphatic carboxylic acids is 1. The normalized spacial score (nSPS) is 21.9. The van der Waals surface area contributed by atoms with Crippen molar-refractivity contribution in [2.24, 2.45) is 11.7 Å². The summed E-state index contributed by atoms with van der Waals surface area (Å²) in [5.74, 6) is -1.59. The van der Waals surface area contributed by atoms with E-state index in [9.17, 15) is 19.5 Å². The van der Waals surface area contributed by atoms with Gasteiger partial charge in [-0.15, -0.1) is 0 Å². The second-order valence-corrected chi connectivity index (χ2v) is 5.42. The van der Waals surface area contributed by atoms with E-state index in [1.54, 1.807) is 0 Å². The molecule has 3 N–H and O–H groups in total. The number of primary amides is 1. The molecule has 1 aliphatic rings. The Balaban J connectivity index is 2.21. The van der Waals surface area contributed by atoms with Crippen LogP contribution in [0.3, 0.4) is 0 Å². The van der Waals surface area contributed by atoms with Crippen LogP contribution in [0.15, 0.2) is 24.3 Å². The van der Waals surface area contributed by atoms with Crippen molar-refractivity contribution in [1.29, 1.82) is 0 Å². The third kappa shape index (κ3) is 3.21. The number of carbonyl (C=O) groups is 3. The number of benzene rings is 1. The van der Waals surface area contributed by atoms with Gasteiger partial charge in [-0.2, -0.15) is 0 Å². The molecule has 0 aromatic heterocycles. The van der Waals surface area contributed by atoms with Crippen LogP contribution in [0.5, 0.6) is 0 Å². The molecule has 21 heavy (non-hydrogen) atoms. The SMILES string of the molecule is CC1CCN(C(=O)c2ccc(C(N)=O)cc2)C(C(=O)O)C1. The van der Waals surface area contributed by atoms with Gasteiger partial charge < -0.3 is 15.7 Å². The Morgan fingerprint density at radius 3 is 2.29 bits per heavy atom. The van der Waals surface area contributed by atoms with Crippen molar-refractivity contribution >= 4 is 17.8 Å². The van der Waals surface area contributed by atoms with Crippen LogP contribution in [0.4, 0.5) is 0 Å². The summed E-state index contributed by atoms with van der Waals surface area (Å²) >= 11 is 0. The lowest BCUT2D eigenvalue weighted by Gasteiger charge is -2.36. The highest BCUT2D eigenvalue weighted by Crippen LogP contribution is 2.24. The smallest absolute Gasteiger partial charge is 0.326 e. The lowest BCUT2D eigenvalue weighted by Crippen LogP contribution is -2.49. The molecule has 2 amide bonds. The van der Waals surface area contributed by atoms with E-state index in [1.165, 1.54) is 29.2 Å². The molecule has 0 saturated carbocycles. The summed E-state index contributed by atoms with van der Waals surface area (Å²) in [6, 6.07) is 5.14. The van der Waals surface area contributed by atoms with Crippen molar-refractivity contribution < 1.29 is 19.5 Å². The zero-order valence-corrected chi connectivity index (χ0v) is 11.8. The number of nitrogens with two attached hydrogens (primary N) is 1. The zero-order chi connectivity index (χ0) is 15.6. The zero-order valence-electron chi connectivity index (χ0n) is 11.8. The first-order valence-corrected chi connectivity index (χ1v) is 6.83. The van der Waals surface area contributed by atoms with Crippen LogP contribution in [-0.4, -0.2) is 40.4 Å². The summed E-state index contributed by atoms with van der Waals surface area (Å²) in [6.45, 7) is 2.41. The van der Waals surface area contributed by atoms with Gasteiger partial charge in [-0.3, -0.25) is 9.59 Å². The average molecular weight is 290 g/mol. The van der Waals surface area contributed by atoms with Crippen molar-refractivity contribution in [3.63, 3.8) is 0 Å². The number of carboxylic acid groups (broad SMARTS) is 1. The van der Waals surface area contributed by atoms with Crippen molar-refractivity contribution in [1.82, 2.24) is 4.90 Å². The summed E-state index contributed by atoms with van der Waals surface area (Å²) < 4.78 is 0. The Kier molecular flexibility index (Phi) is 4.26. The molecule has 1 fully saturated rings. The quantitative estimate of drug-likeness (QED) is 0.870. The van der Waals surface area contributed by atoms with Crippen LogP contribution in [0.1, 0.15) is 40.5 Å². The topological polar surface area (TPSA) is 101 Å². The third-order valence-electron chi connectivity index (χ3n) is 3.83. The molecule has 1 saturated heterocycles. The maximum absolute atomic E-state index is 12.4. The van der Waals surface area contributed by atoms with Crippen LogP contribution in [0.25, 0.3) is 0 Å². The number of amides is 2. The fraction of sp³-hybridized carbons (Fsp3) is 0.400. The number of hydrogen-bond acceptors (Lipinski definition) is 3. The Hall–Kier alpha value is -2.37. The number of piperidine rings is 1. The summed E-state index contributed by atoms with van der Waals surface area (Å²) in [5.41, 5.74) is 5.82.